The number of sulfonamides is 1. The number of carbonyl (C=O) groups excluding carboxylic acids is 2. The molecule has 3 fully saturated rings. The van der Waals surface area contributed by atoms with Gasteiger partial charge in [0.2, 0.25) is 21.8 Å². The van der Waals surface area contributed by atoms with Crippen molar-refractivity contribution >= 4 is 21.8 Å². The van der Waals surface area contributed by atoms with E-state index in [0.717, 1.165) is 12.8 Å². The number of carbonyl (C=O) groups is 2. The van der Waals surface area contributed by atoms with E-state index in [9.17, 15) is 18.0 Å². The average Bonchev–Trinajstić information content (AvgIpc) is 3.38. The van der Waals surface area contributed by atoms with Gasteiger partial charge in [0.1, 0.15) is 0 Å². The molecule has 0 radical (unpaired) electrons. The molecule has 0 aromatic heterocycles. The van der Waals surface area contributed by atoms with Gasteiger partial charge in [0, 0.05) is 37.6 Å². The van der Waals surface area contributed by atoms with Gasteiger partial charge in [0.15, 0.2) is 0 Å². The van der Waals surface area contributed by atoms with Crippen LogP contribution in [0.1, 0.15) is 32.1 Å². The molecule has 3 atom stereocenters. The van der Waals surface area contributed by atoms with Gasteiger partial charge in [-0.1, -0.05) is 18.2 Å². The van der Waals surface area contributed by atoms with Crippen LogP contribution >= 0.6 is 0 Å². The highest BCUT2D eigenvalue weighted by Gasteiger charge is 2.44. The topological polar surface area (TPSA) is 108 Å². The molecule has 4 rings (SSSR count). The predicted molar refractivity (Wildman–Crippen MR) is 103 cm³/mol. The van der Waals surface area contributed by atoms with Crippen LogP contribution in [0.25, 0.3) is 0 Å². The zero-order valence-electron chi connectivity index (χ0n) is 15.6. The Hall–Kier alpha value is -1.97. The van der Waals surface area contributed by atoms with E-state index in [1.165, 1.54) is 0 Å². The first-order chi connectivity index (χ1) is 13.4. The lowest BCUT2D eigenvalue weighted by Gasteiger charge is -2.37. The minimum absolute atomic E-state index is 0.0406. The molecule has 1 aromatic carbocycles. The first-order valence-electron chi connectivity index (χ1n) is 9.82. The smallest absolute Gasteiger partial charge is 0.240 e. The van der Waals surface area contributed by atoms with Crippen molar-refractivity contribution in [3.8, 4) is 0 Å². The van der Waals surface area contributed by atoms with Crippen LogP contribution in [0.2, 0.25) is 0 Å². The van der Waals surface area contributed by atoms with Gasteiger partial charge in [-0.05, 0) is 37.8 Å². The second kappa shape index (κ2) is 7.81. The molecule has 8 nitrogen and oxygen atoms in total. The molecular formula is C19H26N4O4S. The average molecular weight is 407 g/mol. The van der Waals surface area contributed by atoms with Crippen molar-refractivity contribution < 1.29 is 18.0 Å². The lowest BCUT2D eigenvalue weighted by atomic mass is 10.0. The summed E-state index contributed by atoms with van der Waals surface area (Å²) in [5, 5.41) is 5.89. The summed E-state index contributed by atoms with van der Waals surface area (Å²) in [4.78, 5) is 26.6. The molecule has 3 aliphatic rings. The Labute approximate surface area is 165 Å². The van der Waals surface area contributed by atoms with Crippen molar-refractivity contribution in [1.82, 2.24) is 20.3 Å². The van der Waals surface area contributed by atoms with Crippen molar-refractivity contribution in [2.24, 2.45) is 0 Å². The molecule has 9 heteroatoms. The number of amides is 2. The first kappa shape index (κ1) is 19.4. The van der Waals surface area contributed by atoms with E-state index in [0.29, 0.717) is 38.4 Å². The van der Waals surface area contributed by atoms with Gasteiger partial charge >= 0.3 is 0 Å². The monoisotopic (exact) mass is 406 g/mol. The molecule has 2 aliphatic heterocycles. The third-order valence-corrected chi connectivity index (χ3v) is 7.18. The summed E-state index contributed by atoms with van der Waals surface area (Å²) in [6, 6.07) is 7.94. The maximum Gasteiger partial charge on any atom is 0.240 e. The Balaban J connectivity index is 1.38. The highest BCUT2D eigenvalue weighted by Crippen LogP contribution is 2.27. The lowest BCUT2D eigenvalue weighted by molar-refractivity contribution is -0.129. The summed E-state index contributed by atoms with van der Waals surface area (Å²) >= 11 is 0. The van der Waals surface area contributed by atoms with Crippen molar-refractivity contribution in [2.45, 2.75) is 61.2 Å². The maximum atomic E-state index is 12.6. The Morgan fingerprint density at radius 3 is 2.64 bits per heavy atom. The molecule has 1 aromatic rings. The van der Waals surface area contributed by atoms with E-state index in [1.807, 2.05) is 0 Å². The van der Waals surface area contributed by atoms with Crippen LogP contribution in [0.5, 0.6) is 0 Å². The van der Waals surface area contributed by atoms with Crippen LogP contribution in [0, 0.1) is 0 Å². The number of nitrogens with one attached hydrogen (secondary N) is 3. The van der Waals surface area contributed by atoms with Gasteiger partial charge in [-0.3, -0.25) is 14.5 Å². The van der Waals surface area contributed by atoms with Crippen LogP contribution in [-0.2, 0) is 19.6 Å². The largest absolute Gasteiger partial charge is 0.353 e. The third kappa shape index (κ3) is 4.37. The SMILES string of the molecule is O=C(CC[C@@H]1CNC(=O)[C@@H]2C[C@H](NS(=O)(=O)c3ccccc3)CN12)NC1CC1. The van der Waals surface area contributed by atoms with Gasteiger partial charge in [0.25, 0.3) is 0 Å². The van der Waals surface area contributed by atoms with Gasteiger partial charge in [0.05, 0.1) is 10.9 Å². The minimum Gasteiger partial charge on any atom is -0.353 e. The predicted octanol–water partition coefficient (Wildman–Crippen LogP) is -0.0350. The quantitative estimate of drug-likeness (QED) is 0.589. The fourth-order valence-corrected chi connectivity index (χ4v) is 5.30. The lowest BCUT2D eigenvalue weighted by Crippen LogP contribution is -2.58. The van der Waals surface area contributed by atoms with Crippen molar-refractivity contribution in [1.29, 1.82) is 0 Å². The summed E-state index contributed by atoms with van der Waals surface area (Å²) < 4.78 is 27.9. The van der Waals surface area contributed by atoms with Crippen LogP contribution in [0.4, 0.5) is 0 Å². The molecule has 2 amide bonds. The van der Waals surface area contributed by atoms with E-state index in [4.69, 9.17) is 0 Å². The molecule has 2 saturated heterocycles. The van der Waals surface area contributed by atoms with Crippen LogP contribution < -0.4 is 15.4 Å². The Morgan fingerprint density at radius 2 is 1.93 bits per heavy atom. The first-order valence-corrected chi connectivity index (χ1v) is 11.3. The van der Waals surface area contributed by atoms with Crippen LogP contribution in [-0.4, -0.2) is 62.4 Å². The van der Waals surface area contributed by atoms with Crippen LogP contribution in [0.3, 0.4) is 0 Å². The number of hydrogen-bond donors (Lipinski definition) is 3. The van der Waals surface area contributed by atoms with Gasteiger partial charge < -0.3 is 10.6 Å². The standard InChI is InChI=1S/C19H26N4O4S/c24-18(21-13-6-7-13)9-8-15-11-20-19(25)17-10-14(12-23(15)17)22-28(26,27)16-4-2-1-3-5-16/h1-5,13-15,17,22H,6-12H2,(H,20,25)(H,21,24)/t14-,15+,17-/m0/s1. The minimum atomic E-state index is -3.63. The maximum absolute atomic E-state index is 12.6. The van der Waals surface area contributed by atoms with E-state index in [1.54, 1.807) is 30.3 Å². The summed E-state index contributed by atoms with van der Waals surface area (Å²) in [7, 11) is -3.63. The second-order valence-corrected chi connectivity index (χ2v) is 9.57. The molecule has 2 heterocycles. The van der Waals surface area contributed by atoms with E-state index in [-0.39, 0.29) is 34.8 Å². The number of fused-ring (bicyclic) bond motifs is 1. The Kier molecular flexibility index (Phi) is 5.39. The third-order valence-electron chi connectivity index (χ3n) is 5.65. The number of hydrogen-bond acceptors (Lipinski definition) is 5. The molecule has 1 aliphatic carbocycles. The van der Waals surface area contributed by atoms with E-state index < -0.39 is 10.0 Å². The molecule has 152 valence electrons. The van der Waals surface area contributed by atoms with Gasteiger partial charge in [-0.2, -0.15) is 0 Å². The van der Waals surface area contributed by atoms with E-state index >= 15 is 0 Å². The zero-order chi connectivity index (χ0) is 19.7. The molecule has 0 spiro atoms. The molecule has 0 unspecified atom stereocenters. The number of piperazine rings is 1. The molecule has 3 N–H and O–H groups in total. The van der Waals surface area contributed by atoms with Crippen LogP contribution in [0.15, 0.2) is 35.2 Å². The fraction of sp³-hybridized carbons (Fsp3) is 0.579. The number of nitrogens with zero attached hydrogens (tertiary/aromatic N) is 1. The molecular weight excluding hydrogens is 380 g/mol. The van der Waals surface area contributed by atoms with Crippen molar-refractivity contribution in [3.63, 3.8) is 0 Å². The summed E-state index contributed by atoms with van der Waals surface area (Å²) in [6.45, 7) is 0.962. The van der Waals surface area contributed by atoms with Crippen molar-refractivity contribution in [2.75, 3.05) is 13.1 Å². The van der Waals surface area contributed by atoms with Gasteiger partial charge in [-0.25, -0.2) is 13.1 Å². The highest BCUT2D eigenvalue weighted by atomic mass is 32.2. The normalized spacial score (nSPS) is 27.9. The number of benzene rings is 1. The summed E-state index contributed by atoms with van der Waals surface area (Å²) in [5.41, 5.74) is 0. The molecule has 28 heavy (non-hydrogen) atoms. The van der Waals surface area contributed by atoms with Gasteiger partial charge in [-0.15, -0.1) is 0 Å². The van der Waals surface area contributed by atoms with E-state index in [2.05, 4.69) is 20.3 Å². The zero-order valence-corrected chi connectivity index (χ0v) is 16.5. The molecule has 0 bridgehead atoms. The highest BCUT2D eigenvalue weighted by molar-refractivity contribution is 7.89. The molecule has 1 saturated carbocycles. The second-order valence-electron chi connectivity index (χ2n) is 7.86. The van der Waals surface area contributed by atoms with Crippen molar-refractivity contribution in [3.05, 3.63) is 30.3 Å². The Bertz CT molecular complexity index is 841. The summed E-state index contributed by atoms with van der Waals surface area (Å²) in [5.74, 6) is -0.0171. The number of rotatable bonds is 7. The fourth-order valence-electron chi connectivity index (χ4n) is 4.04. The Morgan fingerprint density at radius 1 is 1.18 bits per heavy atom. The summed E-state index contributed by atoms with van der Waals surface area (Å²) in [6.07, 6.45) is 3.61.